The van der Waals surface area contributed by atoms with E-state index in [0.717, 1.165) is 5.56 Å². The Labute approximate surface area is 153 Å². The molecule has 2 aromatic carbocycles. The van der Waals surface area contributed by atoms with Crippen LogP contribution in [0.4, 0.5) is 0 Å². The standard InChI is InChI=1S/C20H23NO5/c1-13-19(26-17-7-5-4-6-16(17)25-13)20(22)21-11-10-14-8-9-15(23-2)18(12-14)24-3/h4-9,12-13,19H,10-11H2,1-3H3,(H,21,22). The fourth-order valence-electron chi connectivity index (χ4n) is 2.87. The molecular weight excluding hydrogens is 334 g/mol. The molecule has 1 heterocycles. The first-order valence-electron chi connectivity index (χ1n) is 8.53. The van der Waals surface area contributed by atoms with E-state index >= 15 is 0 Å². The molecule has 0 bridgehead atoms. The van der Waals surface area contributed by atoms with Gasteiger partial charge in [0.15, 0.2) is 23.0 Å². The summed E-state index contributed by atoms with van der Waals surface area (Å²) in [6, 6.07) is 13.1. The molecule has 2 unspecified atom stereocenters. The molecule has 0 aromatic heterocycles. The van der Waals surface area contributed by atoms with E-state index in [9.17, 15) is 4.79 Å². The molecule has 1 amide bonds. The monoisotopic (exact) mass is 357 g/mol. The number of benzene rings is 2. The Morgan fingerprint density at radius 2 is 1.73 bits per heavy atom. The summed E-state index contributed by atoms with van der Waals surface area (Å²) in [5, 5.41) is 2.91. The Morgan fingerprint density at radius 1 is 1.04 bits per heavy atom. The van der Waals surface area contributed by atoms with Crippen molar-refractivity contribution >= 4 is 5.91 Å². The van der Waals surface area contributed by atoms with Crippen molar-refractivity contribution in [2.75, 3.05) is 20.8 Å². The van der Waals surface area contributed by atoms with Gasteiger partial charge in [0.2, 0.25) is 6.10 Å². The molecule has 6 nitrogen and oxygen atoms in total. The molecule has 1 aliphatic rings. The first-order chi connectivity index (χ1) is 12.6. The summed E-state index contributed by atoms with van der Waals surface area (Å²) in [7, 11) is 3.20. The zero-order valence-corrected chi connectivity index (χ0v) is 15.2. The van der Waals surface area contributed by atoms with E-state index < -0.39 is 6.10 Å². The van der Waals surface area contributed by atoms with E-state index in [2.05, 4.69) is 5.32 Å². The molecule has 1 aliphatic heterocycles. The minimum Gasteiger partial charge on any atom is -0.493 e. The molecule has 0 radical (unpaired) electrons. The van der Waals surface area contributed by atoms with Crippen LogP contribution in [-0.2, 0) is 11.2 Å². The zero-order valence-electron chi connectivity index (χ0n) is 15.2. The fraction of sp³-hybridized carbons (Fsp3) is 0.350. The molecule has 1 N–H and O–H groups in total. The molecule has 6 heteroatoms. The SMILES string of the molecule is COc1ccc(CCNC(=O)C2Oc3ccccc3OC2C)cc1OC. The van der Waals surface area contributed by atoms with Gasteiger partial charge < -0.3 is 24.3 Å². The average molecular weight is 357 g/mol. The largest absolute Gasteiger partial charge is 0.493 e. The van der Waals surface area contributed by atoms with Gasteiger partial charge in [-0.2, -0.15) is 0 Å². The highest BCUT2D eigenvalue weighted by Crippen LogP contribution is 2.33. The van der Waals surface area contributed by atoms with Gasteiger partial charge in [0, 0.05) is 6.54 Å². The van der Waals surface area contributed by atoms with Gasteiger partial charge in [0.25, 0.3) is 5.91 Å². The first-order valence-corrected chi connectivity index (χ1v) is 8.53. The maximum atomic E-state index is 12.5. The number of carbonyl (C=O) groups excluding carboxylic acids is 1. The number of carbonyl (C=O) groups is 1. The molecule has 26 heavy (non-hydrogen) atoms. The number of hydrogen-bond donors (Lipinski definition) is 1. The van der Waals surface area contributed by atoms with Gasteiger partial charge in [-0.3, -0.25) is 4.79 Å². The lowest BCUT2D eigenvalue weighted by molar-refractivity contribution is -0.133. The van der Waals surface area contributed by atoms with Crippen LogP contribution in [0.2, 0.25) is 0 Å². The summed E-state index contributed by atoms with van der Waals surface area (Å²) in [6.07, 6.45) is -0.355. The van der Waals surface area contributed by atoms with E-state index in [1.165, 1.54) is 0 Å². The minimum atomic E-state index is -0.671. The molecule has 0 fully saturated rings. The molecular formula is C20H23NO5. The van der Waals surface area contributed by atoms with Gasteiger partial charge in [-0.1, -0.05) is 18.2 Å². The third kappa shape index (κ3) is 3.85. The van der Waals surface area contributed by atoms with E-state index in [-0.39, 0.29) is 12.0 Å². The van der Waals surface area contributed by atoms with Gasteiger partial charge in [-0.25, -0.2) is 0 Å². The summed E-state index contributed by atoms with van der Waals surface area (Å²) >= 11 is 0. The second-order valence-electron chi connectivity index (χ2n) is 6.04. The quantitative estimate of drug-likeness (QED) is 0.861. The van der Waals surface area contributed by atoms with Gasteiger partial charge in [-0.15, -0.1) is 0 Å². The number of ether oxygens (including phenoxy) is 4. The maximum Gasteiger partial charge on any atom is 0.265 e. The van der Waals surface area contributed by atoms with Crippen LogP contribution in [0.1, 0.15) is 12.5 Å². The lowest BCUT2D eigenvalue weighted by Crippen LogP contribution is -2.49. The predicted octanol–water partition coefficient (Wildman–Crippen LogP) is 2.59. The van der Waals surface area contributed by atoms with Gasteiger partial charge in [0.05, 0.1) is 14.2 Å². The van der Waals surface area contributed by atoms with Crippen LogP contribution in [-0.4, -0.2) is 38.9 Å². The van der Waals surface area contributed by atoms with Gasteiger partial charge in [-0.05, 0) is 43.2 Å². The molecule has 2 aromatic rings. The Morgan fingerprint density at radius 3 is 2.42 bits per heavy atom. The number of rotatable bonds is 6. The molecule has 0 saturated carbocycles. The fourth-order valence-corrected chi connectivity index (χ4v) is 2.87. The Kier molecular flexibility index (Phi) is 5.51. The second kappa shape index (κ2) is 7.99. The van der Waals surface area contributed by atoms with Crippen LogP contribution in [0.5, 0.6) is 23.0 Å². The van der Waals surface area contributed by atoms with Crippen molar-refractivity contribution in [1.82, 2.24) is 5.32 Å². The van der Waals surface area contributed by atoms with Crippen molar-refractivity contribution in [3.8, 4) is 23.0 Å². The topological polar surface area (TPSA) is 66.0 Å². The predicted molar refractivity (Wildman–Crippen MR) is 97.2 cm³/mol. The Hall–Kier alpha value is -2.89. The highest BCUT2D eigenvalue weighted by atomic mass is 16.6. The lowest BCUT2D eigenvalue weighted by atomic mass is 10.1. The highest BCUT2D eigenvalue weighted by molar-refractivity contribution is 5.82. The summed E-state index contributed by atoms with van der Waals surface area (Å²) in [5.41, 5.74) is 1.04. The number of nitrogens with one attached hydrogen (secondary N) is 1. The van der Waals surface area contributed by atoms with E-state index in [1.807, 2.05) is 43.3 Å². The molecule has 138 valence electrons. The average Bonchev–Trinajstić information content (AvgIpc) is 2.67. The molecule has 3 rings (SSSR count). The second-order valence-corrected chi connectivity index (χ2v) is 6.04. The van der Waals surface area contributed by atoms with E-state index in [1.54, 1.807) is 20.3 Å². The van der Waals surface area contributed by atoms with Crippen molar-refractivity contribution in [3.63, 3.8) is 0 Å². The summed E-state index contributed by atoms with van der Waals surface area (Å²) in [5.74, 6) is 2.42. The number of hydrogen-bond acceptors (Lipinski definition) is 5. The summed E-state index contributed by atoms with van der Waals surface area (Å²) in [4.78, 5) is 12.5. The van der Waals surface area contributed by atoms with Crippen molar-refractivity contribution in [1.29, 1.82) is 0 Å². The normalized spacial score (nSPS) is 18.1. The summed E-state index contributed by atoms with van der Waals surface area (Å²) in [6.45, 7) is 2.32. The van der Waals surface area contributed by atoms with Crippen LogP contribution in [0.3, 0.4) is 0 Å². The van der Waals surface area contributed by atoms with Crippen molar-refractivity contribution in [3.05, 3.63) is 48.0 Å². The maximum absolute atomic E-state index is 12.5. The first kappa shape index (κ1) is 17.9. The number of amides is 1. The Bertz CT molecular complexity index is 777. The van der Waals surface area contributed by atoms with Crippen LogP contribution in [0, 0.1) is 0 Å². The smallest absolute Gasteiger partial charge is 0.265 e. The van der Waals surface area contributed by atoms with Crippen molar-refractivity contribution in [2.24, 2.45) is 0 Å². The number of methoxy groups -OCH3 is 2. The van der Waals surface area contributed by atoms with Crippen LogP contribution >= 0.6 is 0 Å². The van der Waals surface area contributed by atoms with Crippen molar-refractivity contribution in [2.45, 2.75) is 25.6 Å². The van der Waals surface area contributed by atoms with Crippen LogP contribution < -0.4 is 24.3 Å². The lowest BCUT2D eigenvalue weighted by Gasteiger charge is -2.31. The zero-order chi connectivity index (χ0) is 18.5. The molecule has 0 aliphatic carbocycles. The summed E-state index contributed by atoms with van der Waals surface area (Å²) < 4.78 is 22.1. The molecule has 2 atom stereocenters. The number of para-hydroxylation sites is 2. The third-order valence-corrected chi connectivity index (χ3v) is 4.26. The highest BCUT2D eigenvalue weighted by Gasteiger charge is 2.33. The van der Waals surface area contributed by atoms with Crippen molar-refractivity contribution < 1.29 is 23.7 Å². The van der Waals surface area contributed by atoms with Crippen LogP contribution in [0.15, 0.2) is 42.5 Å². The molecule has 0 saturated heterocycles. The third-order valence-electron chi connectivity index (χ3n) is 4.26. The van der Waals surface area contributed by atoms with Crippen LogP contribution in [0.25, 0.3) is 0 Å². The van der Waals surface area contributed by atoms with Gasteiger partial charge in [0.1, 0.15) is 6.10 Å². The molecule has 0 spiro atoms. The number of fused-ring (bicyclic) bond motifs is 1. The van der Waals surface area contributed by atoms with Gasteiger partial charge >= 0.3 is 0 Å². The van der Waals surface area contributed by atoms with E-state index in [4.69, 9.17) is 18.9 Å². The van der Waals surface area contributed by atoms with E-state index in [0.29, 0.717) is 36.0 Å². The Balaban J connectivity index is 1.56. The minimum absolute atomic E-state index is 0.188.